The Hall–Kier alpha value is -2.72. The molecule has 1 heterocycles. The number of carbonyl (C=O) groups excluding carboxylic acids is 1. The van der Waals surface area contributed by atoms with Crippen molar-refractivity contribution in [2.24, 2.45) is 0 Å². The normalized spacial score (nSPS) is 17.2. The summed E-state index contributed by atoms with van der Waals surface area (Å²) in [5.74, 6) is -1.25. The first-order chi connectivity index (χ1) is 16.3. The number of sulfone groups is 2. The molecule has 0 saturated heterocycles. The number of fused-ring (bicyclic) bond motifs is 3. The van der Waals surface area contributed by atoms with Gasteiger partial charge < -0.3 is 9.30 Å². The summed E-state index contributed by atoms with van der Waals surface area (Å²) >= 11 is 0. The standard InChI is InChI=1S/C25H28FNO6S2/c1-15(16-8-10-19(11-9-16)34(3,29)30)27-24-17(12-23(28)33-2)6-5-7-20(24)21-13-18(26)14-22(25(21)27)35(4,31)32/h8-11,13-15,17H,5-7,12H2,1-4H3/t15-,17+/m0/s1. The van der Waals surface area contributed by atoms with E-state index in [-0.39, 0.29) is 28.1 Å². The van der Waals surface area contributed by atoms with E-state index in [1.807, 2.05) is 11.5 Å². The van der Waals surface area contributed by atoms with Gasteiger partial charge in [0.25, 0.3) is 0 Å². The molecule has 0 saturated carbocycles. The number of hydrogen-bond donors (Lipinski definition) is 0. The highest BCUT2D eigenvalue weighted by Crippen LogP contribution is 2.45. The van der Waals surface area contributed by atoms with Gasteiger partial charge in [-0.05, 0) is 61.6 Å². The first-order valence-electron chi connectivity index (χ1n) is 11.3. The molecule has 1 aromatic heterocycles. The van der Waals surface area contributed by atoms with E-state index in [0.717, 1.165) is 41.8 Å². The molecule has 0 amide bonds. The van der Waals surface area contributed by atoms with Gasteiger partial charge in [-0.3, -0.25) is 4.79 Å². The predicted octanol–water partition coefficient (Wildman–Crippen LogP) is 4.18. The number of nitrogens with zero attached hydrogens (tertiary/aromatic N) is 1. The van der Waals surface area contributed by atoms with Gasteiger partial charge in [0.15, 0.2) is 19.7 Å². The minimum atomic E-state index is -3.79. The second-order valence-electron chi connectivity index (χ2n) is 9.19. The molecule has 2 aromatic carbocycles. The third kappa shape index (κ3) is 4.73. The molecule has 0 spiro atoms. The van der Waals surface area contributed by atoms with E-state index in [4.69, 9.17) is 4.74 Å². The predicted molar refractivity (Wildman–Crippen MR) is 131 cm³/mol. The van der Waals surface area contributed by atoms with Crippen molar-refractivity contribution in [3.63, 3.8) is 0 Å². The maximum Gasteiger partial charge on any atom is 0.306 e. The maximum absolute atomic E-state index is 14.6. The SMILES string of the molecule is COC(=O)C[C@H]1CCCc2c1n([C@@H](C)c1ccc(S(C)(=O)=O)cc1)c1c(S(C)(=O)=O)cc(F)cc21. The Morgan fingerprint density at radius 1 is 1.11 bits per heavy atom. The number of aromatic nitrogens is 1. The van der Waals surface area contributed by atoms with Crippen LogP contribution in [0, 0.1) is 5.82 Å². The lowest BCUT2D eigenvalue weighted by molar-refractivity contribution is -0.141. The molecule has 10 heteroatoms. The number of ether oxygens (including phenoxy) is 1. The summed E-state index contributed by atoms with van der Waals surface area (Å²) in [6.07, 6.45) is 4.41. The number of esters is 1. The molecule has 0 fully saturated rings. The van der Waals surface area contributed by atoms with Crippen molar-refractivity contribution in [3.8, 4) is 0 Å². The minimum absolute atomic E-state index is 0.113. The number of carbonyl (C=O) groups is 1. The lowest BCUT2D eigenvalue weighted by Crippen LogP contribution is -2.20. The van der Waals surface area contributed by atoms with Crippen LogP contribution < -0.4 is 0 Å². The molecule has 35 heavy (non-hydrogen) atoms. The van der Waals surface area contributed by atoms with Gasteiger partial charge in [-0.1, -0.05) is 12.1 Å². The summed E-state index contributed by atoms with van der Waals surface area (Å²) in [7, 11) is -5.85. The van der Waals surface area contributed by atoms with E-state index in [0.29, 0.717) is 23.7 Å². The van der Waals surface area contributed by atoms with Gasteiger partial charge in [-0.2, -0.15) is 0 Å². The molecule has 188 valence electrons. The van der Waals surface area contributed by atoms with Crippen LogP contribution in [0.2, 0.25) is 0 Å². The average molecular weight is 522 g/mol. The smallest absolute Gasteiger partial charge is 0.306 e. The molecular weight excluding hydrogens is 493 g/mol. The van der Waals surface area contributed by atoms with E-state index in [2.05, 4.69) is 0 Å². The van der Waals surface area contributed by atoms with Gasteiger partial charge in [0, 0.05) is 29.5 Å². The zero-order chi connectivity index (χ0) is 25.7. The van der Waals surface area contributed by atoms with E-state index in [1.54, 1.807) is 12.1 Å². The zero-order valence-corrected chi connectivity index (χ0v) is 21.7. The minimum Gasteiger partial charge on any atom is -0.469 e. The number of benzene rings is 2. The Labute approximate surface area is 204 Å². The highest BCUT2D eigenvalue weighted by Gasteiger charge is 2.34. The van der Waals surface area contributed by atoms with Crippen LogP contribution in [-0.2, 0) is 35.6 Å². The van der Waals surface area contributed by atoms with Crippen molar-refractivity contribution in [3.05, 3.63) is 59.0 Å². The highest BCUT2D eigenvalue weighted by molar-refractivity contribution is 7.91. The molecule has 0 unspecified atom stereocenters. The van der Waals surface area contributed by atoms with Crippen molar-refractivity contribution in [1.82, 2.24) is 4.57 Å². The topological polar surface area (TPSA) is 99.5 Å². The van der Waals surface area contributed by atoms with Crippen molar-refractivity contribution < 1.29 is 30.8 Å². The van der Waals surface area contributed by atoms with Gasteiger partial charge in [-0.15, -0.1) is 0 Å². The summed E-state index contributed by atoms with van der Waals surface area (Å²) in [5, 5.41) is 0.523. The average Bonchev–Trinajstić information content (AvgIpc) is 3.12. The molecule has 1 aliphatic carbocycles. The van der Waals surface area contributed by atoms with Crippen LogP contribution in [0.25, 0.3) is 10.9 Å². The molecule has 2 atom stereocenters. The Bertz CT molecular complexity index is 1520. The van der Waals surface area contributed by atoms with Crippen LogP contribution in [0.15, 0.2) is 46.2 Å². The van der Waals surface area contributed by atoms with Crippen molar-refractivity contribution in [2.75, 3.05) is 19.6 Å². The fourth-order valence-corrected chi connectivity index (χ4v) is 6.65. The largest absolute Gasteiger partial charge is 0.469 e. The summed E-state index contributed by atoms with van der Waals surface area (Å²) in [6.45, 7) is 1.88. The van der Waals surface area contributed by atoms with Crippen molar-refractivity contribution in [1.29, 1.82) is 0 Å². The summed E-state index contributed by atoms with van der Waals surface area (Å²) in [6, 6.07) is 8.40. The lowest BCUT2D eigenvalue weighted by Gasteiger charge is -2.28. The number of aryl methyl sites for hydroxylation is 1. The third-order valence-corrected chi connectivity index (χ3v) is 9.00. The first kappa shape index (κ1) is 25.4. The monoisotopic (exact) mass is 521 g/mol. The molecule has 1 aliphatic rings. The number of rotatable bonds is 6. The van der Waals surface area contributed by atoms with Gasteiger partial charge in [0.05, 0.1) is 34.9 Å². The van der Waals surface area contributed by atoms with Gasteiger partial charge in [-0.25, -0.2) is 21.2 Å². The van der Waals surface area contributed by atoms with Crippen molar-refractivity contribution >= 4 is 36.5 Å². The number of methoxy groups -OCH3 is 1. The van der Waals surface area contributed by atoms with Crippen LogP contribution in [0.5, 0.6) is 0 Å². The molecule has 0 aliphatic heterocycles. The first-order valence-corrected chi connectivity index (χ1v) is 15.0. The van der Waals surface area contributed by atoms with Crippen LogP contribution in [-0.4, -0.2) is 47.0 Å². The molecule has 4 rings (SSSR count). The zero-order valence-electron chi connectivity index (χ0n) is 20.0. The number of hydrogen-bond acceptors (Lipinski definition) is 6. The summed E-state index contributed by atoms with van der Waals surface area (Å²) in [5.41, 5.74) is 2.79. The van der Waals surface area contributed by atoms with Gasteiger partial charge in [0.1, 0.15) is 5.82 Å². The highest BCUT2D eigenvalue weighted by atomic mass is 32.2. The second kappa shape index (κ2) is 9.05. The Morgan fingerprint density at radius 2 is 1.77 bits per heavy atom. The molecule has 3 aromatic rings. The second-order valence-corrected chi connectivity index (χ2v) is 13.2. The molecule has 0 N–H and O–H groups in total. The van der Waals surface area contributed by atoms with Crippen LogP contribution in [0.3, 0.4) is 0 Å². The molecular formula is C25H28FNO6S2. The Kier molecular flexibility index (Phi) is 6.56. The third-order valence-electron chi connectivity index (χ3n) is 6.76. The van der Waals surface area contributed by atoms with E-state index < -0.39 is 31.5 Å². The van der Waals surface area contributed by atoms with Crippen LogP contribution in [0.1, 0.15) is 55.0 Å². The fraction of sp³-hybridized carbons (Fsp3) is 0.400. The van der Waals surface area contributed by atoms with Gasteiger partial charge >= 0.3 is 5.97 Å². The summed E-state index contributed by atoms with van der Waals surface area (Å²) < 4.78 is 70.8. The quantitative estimate of drug-likeness (QED) is 0.451. The van der Waals surface area contributed by atoms with E-state index in [1.165, 1.54) is 25.3 Å². The van der Waals surface area contributed by atoms with E-state index in [9.17, 15) is 26.0 Å². The van der Waals surface area contributed by atoms with Crippen molar-refractivity contribution in [2.45, 2.75) is 54.4 Å². The molecule has 7 nitrogen and oxygen atoms in total. The molecule has 0 radical (unpaired) electrons. The molecule has 0 bridgehead atoms. The van der Waals surface area contributed by atoms with E-state index >= 15 is 0 Å². The Balaban J connectivity index is 2.04. The van der Waals surface area contributed by atoms with Gasteiger partial charge in [0.2, 0.25) is 0 Å². The Morgan fingerprint density at radius 3 is 2.34 bits per heavy atom. The fourth-order valence-electron chi connectivity index (χ4n) is 5.14. The summed E-state index contributed by atoms with van der Waals surface area (Å²) in [4.78, 5) is 12.3. The number of halogens is 1. The maximum atomic E-state index is 14.6. The lowest BCUT2D eigenvalue weighted by atomic mass is 9.84. The van der Waals surface area contributed by atoms with Crippen LogP contribution >= 0.6 is 0 Å². The van der Waals surface area contributed by atoms with Crippen LogP contribution in [0.4, 0.5) is 4.39 Å².